The molecule has 1 amide bonds. The molecule has 2 aliphatic rings. The predicted octanol–water partition coefficient (Wildman–Crippen LogP) is 1.19. The molecule has 0 aromatic carbocycles. The van der Waals surface area contributed by atoms with E-state index < -0.39 is 5.60 Å². The van der Waals surface area contributed by atoms with Gasteiger partial charge in [0.2, 0.25) is 0 Å². The van der Waals surface area contributed by atoms with Crippen LogP contribution in [0.15, 0.2) is 12.4 Å². The Morgan fingerprint density at radius 1 is 1.24 bits per heavy atom. The van der Waals surface area contributed by atoms with Crippen LogP contribution in [0.4, 0.5) is 0 Å². The second-order valence-corrected chi connectivity index (χ2v) is 7.56. The molecule has 25 heavy (non-hydrogen) atoms. The molecule has 1 aliphatic heterocycles. The van der Waals surface area contributed by atoms with Crippen molar-refractivity contribution in [3.8, 4) is 0 Å². The topological polar surface area (TPSA) is 83.3 Å². The lowest BCUT2D eigenvalue weighted by molar-refractivity contribution is -0.156. The first-order valence-corrected chi connectivity index (χ1v) is 9.74. The molecule has 7 nitrogen and oxygen atoms in total. The van der Waals surface area contributed by atoms with Crippen LogP contribution in [0, 0.1) is 5.92 Å². The fourth-order valence-electron chi connectivity index (χ4n) is 4.10. The van der Waals surface area contributed by atoms with E-state index in [4.69, 9.17) is 0 Å². The van der Waals surface area contributed by atoms with E-state index in [9.17, 15) is 9.90 Å². The minimum absolute atomic E-state index is 0.0946. The van der Waals surface area contributed by atoms with Gasteiger partial charge in [0, 0.05) is 32.4 Å². The molecule has 1 aromatic rings. The maximum absolute atomic E-state index is 12.8. The number of nitrogens with one attached hydrogen (secondary N) is 1. The molecule has 7 heteroatoms. The van der Waals surface area contributed by atoms with Gasteiger partial charge in [0.05, 0.1) is 12.7 Å². The van der Waals surface area contributed by atoms with Crippen molar-refractivity contribution < 1.29 is 9.90 Å². The van der Waals surface area contributed by atoms with Crippen LogP contribution in [0.25, 0.3) is 0 Å². The number of amides is 1. The minimum atomic E-state index is -1.26. The number of aliphatic hydroxyl groups is 1. The number of carbonyl (C=O) groups excluding carboxylic acids is 1. The summed E-state index contributed by atoms with van der Waals surface area (Å²) < 4.78 is 1.73. The highest BCUT2D eigenvalue weighted by Gasteiger charge is 2.41. The molecule has 1 aromatic heterocycles. The third-order valence-electron chi connectivity index (χ3n) is 5.64. The van der Waals surface area contributed by atoms with Crippen LogP contribution < -0.4 is 5.32 Å². The summed E-state index contributed by atoms with van der Waals surface area (Å²) in [5.74, 6) is 0.667. The van der Waals surface area contributed by atoms with Gasteiger partial charge < -0.3 is 15.3 Å². The van der Waals surface area contributed by atoms with Gasteiger partial charge in [-0.15, -0.1) is 5.10 Å². The van der Waals surface area contributed by atoms with E-state index in [-0.39, 0.29) is 5.91 Å². The minimum Gasteiger partial charge on any atom is -0.379 e. The van der Waals surface area contributed by atoms with E-state index in [0.717, 1.165) is 31.8 Å². The van der Waals surface area contributed by atoms with Crippen molar-refractivity contribution in [3.05, 3.63) is 12.4 Å². The summed E-state index contributed by atoms with van der Waals surface area (Å²) >= 11 is 0. The third-order valence-corrected chi connectivity index (χ3v) is 5.64. The summed E-state index contributed by atoms with van der Waals surface area (Å²) in [7, 11) is 0. The zero-order valence-corrected chi connectivity index (χ0v) is 15.1. The lowest BCUT2D eigenvalue weighted by atomic mass is 9.86. The molecule has 0 unspecified atom stereocenters. The number of rotatable bonds is 8. The number of aromatic nitrogens is 3. The SMILES string of the molecule is O=C1N(CCC2CCCCC2)CCC[C@@]1(O)CNCCn1ccnn1. The maximum Gasteiger partial charge on any atom is 0.255 e. The number of hydrogen-bond donors (Lipinski definition) is 2. The van der Waals surface area contributed by atoms with Crippen LogP contribution in [0.2, 0.25) is 0 Å². The summed E-state index contributed by atoms with van der Waals surface area (Å²) in [5, 5.41) is 21.7. The lowest BCUT2D eigenvalue weighted by Crippen LogP contribution is -2.58. The molecule has 2 fully saturated rings. The fourth-order valence-corrected chi connectivity index (χ4v) is 4.10. The Balaban J connectivity index is 1.42. The van der Waals surface area contributed by atoms with Gasteiger partial charge in [-0.3, -0.25) is 9.48 Å². The second kappa shape index (κ2) is 8.76. The molecule has 0 radical (unpaired) electrons. The Bertz CT molecular complexity index is 530. The van der Waals surface area contributed by atoms with E-state index in [1.54, 1.807) is 17.1 Å². The summed E-state index contributed by atoms with van der Waals surface area (Å²) in [6.07, 6.45) is 12.6. The van der Waals surface area contributed by atoms with Crippen molar-refractivity contribution >= 4 is 5.91 Å². The Morgan fingerprint density at radius 2 is 2.08 bits per heavy atom. The van der Waals surface area contributed by atoms with Crippen LogP contribution in [0.1, 0.15) is 51.4 Å². The predicted molar refractivity (Wildman–Crippen MR) is 94.8 cm³/mol. The van der Waals surface area contributed by atoms with Crippen molar-refractivity contribution in [2.24, 2.45) is 5.92 Å². The molecule has 3 rings (SSSR count). The Morgan fingerprint density at radius 3 is 2.84 bits per heavy atom. The first-order valence-electron chi connectivity index (χ1n) is 9.74. The van der Waals surface area contributed by atoms with E-state index in [2.05, 4.69) is 15.6 Å². The number of likely N-dealkylation sites (tertiary alicyclic amines) is 1. The van der Waals surface area contributed by atoms with Gasteiger partial charge in [-0.1, -0.05) is 37.3 Å². The molecule has 1 saturated heterocycles. The monoisotopic (exact) mass is 349 g/mol. The van der Waals surface area contributed by atoms with Crippen LogP contribution in [0.3, 0.4) is 0 Å². The van der Waals surface area contributed by atoms with Crippen LogP contribution in [-0.2, 0) is 11.3 Å². The summed E-state index contributed by atoms with van der Waals surface area (Å²) in [6.45, 7) is 3.22. The fraction of sp³-hybridized carbons (Fsp3) is 0.833. The molecule has 140 valence electrons. The highest BCUT2D eigenvalue weighted by molar-refractivity contribution is 5.86. The highest BCUT2D eigenvalue weighted by Crippen LogP contribution is 2.28. The molecular formula is C18H31N5O2. The average molecular weight is 349 g/mol. The smallest absolute Gasteiger partial charge is 0.255 e. The number of carbonyl (C=O) groups is 1. The van der Waals surface area contributed by atoms with Crippen molar-refractivity contribution in [1.82, 2.24) is 25.2 Å². The first-order chi connectivity index (χ1) is 12.2. The van der Waals surface area contributed by atoms with Crippen LogP contribution >= 0.6 is 0 Å². The van der Waals surface area contributed by atoms with Gasteiger partial charge in [0.25, 0.3) is 5.91 Å². The van der Waals surface area contributed by atoms with E-state index in [0.29, 0.717) is 26.1 Å². The van der Waals surface area contributed by atoms with E-state index in [1.807, 2.05) is 4.90 Å². The van der Waals surface area contributed by atoms with E-state index >= 15 is 0 Å². The van der Waals surface area contributed by atoms with Crippen molar-refractivity contribution in [2.45, 2.75) is 63.5 Å². The quantitative estimate of drug-likeness (QED) is 0.689. The highest BCUT2D eigenvalue weighted by atomic mass is 16.3. The molecular weight excluding hydrogens is 318 g/mol. The average Bonchev–Trinajstić information content (AvgIpc) is 3.15. The molecule has 1 atom stereocenters. The number of nitrogens with zero attached hydrogens (tertiary/aromatic N) is 4. The van der Waals surface area contributed by atoms with Crippen molar-refractivity contribution in [3.63, 3.8) is 0 Å². The summed E-state index contributed by atoms with van der Waals surface area (Å²) in [4.78, 5) is 14.6. The van der Waals surface area contributed by atoms with Gasteiger partial charge >= 0.3 is 0 Å². The van der Waals surface area contributed by atoms with Gasteiger partial charge in [0.1, 0.15) is 0 Å². The number of piperidine rings is 1. The molecule has 1 aliphatic carbocycles. The third kappa shape index (κ3) is 5.01. The molecule has 2 heterocycles. The van der Waals surface area contributed by atoms with E-state index in [1.165, 1.54) is 32.1 Å². The molecule has 0 spiro atoms. The molecule has 0 bridgehead atoms. The van der Waals surface area contributed by atoms with Crippen molar-refractivity contribution in [2.75, 3.05) is 26.2 Å². The summed E-state index contributed by atoms with van der Waals surface area (Å²) in [6, 6.07) is 0. The van der Waals surface area contributed by atoms with Gasteiger partial charge in [-0.05, 0) is 25.2 Å². The Labute approximate surface area is 149 Å². The Kier molecular flexibility index (Phi) is 6.42. The molecule has 2 N–H and O–H groups in total. The Hall–Kier alpha value is -1.47. The van der Waals surface area contributed by atoms with Gasteiger partial charge in [0.15, 0.2) is 5.60 Å². The largest absolute Gasteiger partial charge is 0.379 e. The first kappa shape index (κ1) is 18.3. The zero-order valence-electron chi connectivity index (χ0n) is 15.1. The number of hydrogen-bond acceptors (Lipinski definition) is 5. The van der Waals surface area contributed by atoms with Crippen LogP contribution in [-0.4, -0.2) is 62.7 Å². The zero-order chi connectivity index (χ0) is 17.5. The van der Waals surface area contributed by atoms with Crippen LogP contribution in [0.5, 0.6) is 0 Å². The summed E-state index contributed by atoms with van der Waals surface area (Å²) in [5.41, 5.74) is -1.26. The van der Waals surface area contributed by atoms with Crippen molar-refractivity contribution in [1.29, 1.82) is 0 Å². The van der Waals surface area contributed by atoms with Gasteiger partial charge in [-0.25, -0.2) is 0 Å². The lowest BCUT2D eigenvalue weighted by Gasteiger charge is -2.39. The standard InChI is InChI=1S/C18H31N5O2/c24-17-18(25,15-19-9-13-23-14-10-20-21-23)8-4-11-22(17)12-7-16-5-2-1-3-6-16/h10,14,16,19,25H,1-9,11-13,15H2/t18-/m1/s1. The maximum atomic E-state index is 12.8. The second-order valence-electron chi connectivity index (χ2n) is 7.56. The normalized spacial score (nSPS) is 25.5. The molecule has 1 saturated carbocycles. The van der Waals surface area contributed by atoms with Gasteiger partial charge in [-0.2, -0.15) is 0 Å².